The van der Waals surface area contributed by atoms with Crippen LogP contribution in [0.25, 0.3) is 0 Å². The van der Waals surface area contributed by atoms with E-state index in [0.29, 0.717) is 18.8 Å². The first-order chi connectivity index (χ1) is 12.8. The predicted octanol–water partition coefficient (Wildman–Crippen LogP) is 3.37. The predicted molar refractivity (Wildman–Crippen MR) is 97.7 cm³/mol. The van der Waals surface area contributed by atoms with E-state index in [2.05, 4.69) is 15.7 Å². The minimum atomic E-state index is -0.318. The van der Waals surface area contributed by atoms with E-state index in [1.54, 1.807) is 17.1 Å². The summed E-state index contributed by atoms with van der Waals surface area (Å²) >= 11 is 0. The van der Waals surface area contributed by atoms with Gasteiger partial charge in [0.2, 0.25) is 0 Å². The van der Waals surface area contributed by atoms with Crippen molar-refractivity contribution < 1.29 is 14.3 Å². The number of hydrogen-bond acceptors (Lipinski definition) is 4. The van der Waals surface area contributed by atoms with Crippen molar-refractivity contribution in [2.24, 2.45) is 0 Å². The number of nitrogens with one attached hydrogen (secondary N) is 2. The molecule has 2 N–H and O–H groups in total. The van der Waals surface area contributed by atoms with Crippen LogP contribution in [0.3, 0.4) is 0 Å². The Hall–Kier alpha value is -3.48. The fourth-order valence-corrected chi connectivity index (χ4v) is 2.70. The molecule has 1 aliphatic rings. The molecule has 26 heavy (non-hydrogen) atoms. The van der Waals surface area contributed by atoms with Gasteiger partial charge in [-0.2, -0.15) is 5.10 Å². The average molecular weight is 350 g/mol. The highest BCUT2D eigenvalue weighted by Gasteiger charge is 2.21. The van der Waals surface area contributed by atoms with E-state index in [0.717, 1.165) is 17.2 Å². The summed E-state index contributed by atoms with van der Waals surface area (Å²) in [6.45, 7) is 0.977. The zero-order valence-corrected chi connectivity index (χ0v) is 14.0. The zero-order valence-electron chi connectivity index (χ0n) is 14.0. The lowest BCUT2D eigenvalue weighted by molar-refractivity contribution is 0.0759. The third kappa shape index (κ3) is 3.77. The molecule has 132 valence electrons. The van der Waals surface area contributed by atoms with Gasteiger partial charge in [0, 0.05) is 11.9 Å². The Morgan fingerprint density at radius 1 is 1.04 bits per heavy atom. The Labute approximate surface area is 150 Å². The Morgan fingerprint density at radius 3 is 2.62 bits per heavy atom. The van der Waals surface area contributed by atoms with Gasteiger partial charge in [-0.05, 0) is 24.3 Å². The highest BCUT2D eigenvalue weighted by atomic mass is 16.6. The first-order valence-corrected chi connectivity index (χ1v) is 8.30. The van der Waals surface area contributed by atoms with E-state index in [9.17, 15) is 4.79 Å². The number of rotatable bonds is 4. The van der Waals surface area contributed by atoms with Crippen molar-refractivity contribution in [2.75, 3.05) is 17.2 Å². The molecule has 1 aliphatic heterocycles. The Morgan fingerprint density at radius 2 is 1.77 bits per heavy atom. The van der Waals surface area contributed by atoms with E-state index in [4.69, 9.17) is 9.47 Å². The van der Waals surface area contributed by atoms with Gasteiger partial charge in [0.15, 0.2) is 17.6 Å². The fraction of sp³-hybridized carbons (Fsp3) is 0.158. The van der Waals surface area contributed by atoms with Gasteiger partial charge in [-0.3, -0.25) is 4.68 Å². The van der Waals surface area contributed by atoms with E-state index < -0.39 is 0 Å². The number of fused-ring (bicyclic) bond motifs is 1. The van der Waals surface area contributed by atoms with Crippen molar-refractivity contribution in [3.63, 3.8) is 0 Å². The normalized spacial score (nSPS) is 15.3. The summed E-state index contributed by atoms with van der Waals surface area (Å²) in [6.07, 6.45) is 3.22. The number of nitrogens with zero attached hydrogens (tertiary/aromatic N) is 2. The largest absolute Gasteiger partial charge is 0.486 e. The highest BCUT2D eigenvalue weighted by molar-refractivity contribution is 5.99. The van der Waals surface area contributed by atoms with Gasteiger partial charge in [-0.1, -0.05) is 30.3 Å². The third-order valence-electron chi connectivity index (χ3n) is 3.88. The smallest absolute Gasteiger partial charge is 0.323 e. The van der Waals surface area contributed by atoms with Crippen LogP contribution in [0.2, 0.25) is 0 Å². The molecule has 0 bridgehead atoms. The summed E-state index contributed by atoms with van der Waals surface area (Å²) in [5, 5.41) is 9.78. The molecule has 0 radical (unpaired) electrons. The van der Waals surface area contributed by atoms with Gasteiger partial charge in [0.1, 0.15) is 6.61 Å². The maximum absolute atomic E-state index is 12.0. The molecule has 1 aromatic heterocycles. The lowest BCUT2D eigenvalue weighted by Gasteiger charge is -2.26. The number of ether oxygens (including phenoxy) is 2. The van der Waals surface area contributed by atoms with Gasteiger partial charge in [0.05, 0.1) is 18.4 Å². The number of para-hydroxylation sites is 3. The van der Waals surface area contributed by atoms with Crippen molar-refractivity contribution in [1.82, 2.24) is 9.78 Å². The van der Waals surface area contributed by atoms with Crippen LogP contribution in [-0.2, 0) is 6.54 Å². The third-order valence-corrected chi connectivity index (χ3v) is 3.88. The number of hydrogen-bond donors (Lipinski definition) is 2. The second-order valence-corrected chi connectivity index (χ2v) is 5.89. The molecule has 0 spiro atoms. The van der Waals surface area contributed by atoms with E-state index in [-0.39, 0.29) is 12.1 Å². The van der Waals surface area contributed by atoms with Crippen LogP contribution in [0.5, 0.6) is 11.5 Å². The van der Waals surface area contributed by atoms with Crippen LogP contribution in [0, 0.1) is 0 Å². The van der Waals surface area contributed by atoms with Crippen molar-refractivity contribution in [3.8, 4) is 11.5 Å². The average Bonchev–Trinajstić information content (AvgIpc) is 3.09. The standard InChI is InChI=1S/C19H18N4O3/c24-19(21-14-6-2-1-3-7-14)22-15-10-20-23(11-15)12-16-13-25-17-8-4-5-9-18(17)26-16/h1-11,16H,12-13H2,(H2,21,22,24). The molecule has 7 heteroatoms. The molecule has 0 saturated heterocycles. The number of benzene rings is 2. The highest BCUT2D eigenvalue weighted by Crippen LogP contribution is 2.31. The lowest BCUT2D eigenvalue weighted by Crippen LogP contribution is -2.33. The lowest BCUT2D eigenvalue weighted by atomic mass is 10.2. The molecule has 1 unspecified atom stereocenters. The first-order valence-electron chi connectivity index (χ1n) is 8.30. The van der Waals surface area contributed by atoms with Crippen molar-refractivity contribution in [3.05, 3.63) is 67.0 Å². The van der Waals surface area contributed by atoms with Gasteiger partial charge >= 0.3 is 6.03 Å². The molecule has 1 atom stereocenters. The van der Waals surface area contributed by atoms with E-state index >= 15 is 0 Å². The molecule has 7 nitrogen and oxygen atoms in total. The minimum absolute atomic E-state index is 0.143. The van der Waals surface area contributed by atoms with Crippen molar-refractivity contribution >= 4 is 17.4 Å². The molecular weight excluding hydrogens is 332 g/mol. The first kappa shape index (κ1) is 16.0. The second-order valence-electron chi connectivity index (χ2n) is 5.89. The zero-order chi connectivity index (χ0) is 17.8. The summed E-state index contributed by atoms with van der Waals surface area (Å²) in [4.78, 5) is 12.0. The minimum Gasteiger partial charge on any atom is -0.486 e. The number of urea groups is 1. The summed E-state index contributed by atoms with van der Waals surface area (Å²) in [5.74, 6) is 1.49. The molecular formula is C19H18N4O3. The summed E-state index contributed by atoms with van der Waals surface area (Å²) in [7, 11) is 0. The van der Waals surface area contributed by atoms with Crippen LogP contribution in [0.1, 0.15) is 0 Å². The van der Waals surface area contributed by atoms with Crippen LogP contribution in [-0.4, -0.2) is 28.5 Å². The van der Waals surface area contributed by atoms with Gasteiger partial charge < -0.3 is 20.1 Å². The molecule has 0 aliphatic carbocycles. The van der Waals surface area contributed by atoms with E-state index in [1.807, 2.05) is 54.6 Å². The summed E-state index contributed by atoms with van der Waals surface area (Å²) in [5.41, 5.74) is 1.33. The topological polar surface area (TPSA) is 77.4 Å². The van der Waals surface area contributed by atoms with Gasteiger partial charge in [-0.25, -0.2) is 4.79 Å². The summed E-state index contributed by atoms with van der Waals surface area (Å²) in [6, 6.07) is 16.5. The molecule has 3 aromatic rings. The quantitative estimate of drug-likeness (QED) is 0.756. The number of carbonyl (C=O) groups excluding carboxylic acids is 1. The monoisotopic (exact) mass is 350 g/mol. The molecule has 0 saturated carbocycles. The number of carbonyl (C=O) groups is 1. The second kappa shape index (κ2) is 7.18. The molecule has 2 heterocycles. The maximum atomic E-state index is 12.0. The van der Waals surface area contributed by atoms with Crippen LogP contribution in [0.4, 0.5) is 16.2 Å². The van der Waals surface area contributed by atoms with Crippen LogP contribution < -0.4 is 20.1 Å². The molecule has 2 aromatic carbocycles. The number of anilines is 2. The molecule has 2 amide bonds. The Kier molecular flexibility index (Phi) is 4.42. The van der Waals surface area contributed by atoms with E-state index in [1.165, 1.54) is 0 Å². The molecule has 4 rings (SSSR count). The fourth-order valence-electron chi connectivity index (χ4n) is 2.70. The Bertz CT molecular complexity index is 895. The Balaban J connectivity index is 1.33. The van der Waals surface area contributed by atoms with Crippen molar-refractivity contribution in [1.29, 1.82) is 0 Å². The number of amides is 2. The van der Waals surface area contributed by atoms with Gasteiger partial charge in [0.25, 0.3) is 0 Å². The van der Waals surface area contributed by atoms with Crippen LogP contribution in [0.15, 0.2) is 67.0 Å². The SMILES string of the molecule is O=C(Nc1ccccc1)Nc1cnn(CC2COc3ccccc3O2)c1. The molecule has 0 fully saturated rings. The summed E-state index contributed by atoms with van der Waals surface area (Å²) < 4.78 is 13.3. The number of aromatic nitrogens is 2. The van der Waals surface area contributed by atoms with Gasteiger partial charge in [-0.15, -0.1) is 0 Å². The maximum Gasteiger partial charge on any atom is 0.323 e. The van der Waals surface area contributed by atoms with Crippen molar-refractivity contribution in [2.45, 2.75) is 12.6 Å². The van der Waals surface area contributed by atoms with Crippen LogP contribution >= 0.6 is 0 Å².